The Labute approximate surface area is 137 Å². The van der Waals surface area contributed by atoms with Crippen LogP contribution in [0.25, 0.3) is 0 Å². The first-order valence-electron chi connectivity index (χ1n) is 6.85. The first-order chi connectivity index (χ1) is 10.5. The average Bonchev–Trinajstić information content (AvgIpc) is 2.52. The smallest absolute Gasteiger partial charge is 0.237 e. The van der Waals surface area contributed by atoms with E-state index in [2.05, 4.69) is 26.2 Å². The number of aromatic nitrogens is 1. The minimum absolute atomic E-state index is 0.106. The number of hydrogen-bond donors (Lipinski definition) is 2. The second-order valence-corrected chi connectivity index (χ2v) is 5.85. The molecule has 0 spiro atoms. The van der Waals surface area contributed by atoms with E-state index in [1.54, 1.807) is 31.3 Å². The van der Waals surface area contributed by atoms with E-state index < -0.39 is 6.04 Å². The average molecular weight is 366 g/mol. The van der Waals surface area contributed by atoms with Crippen molar-refractivity contribution in [1.82, 2.24) is 10.3 Å². The van der Waals surface area contributed by atoms with Gasteiger partial charge in [0.2, 0.25) is 5.91 Å². The molecule has 0 aliphatic carbocycles. The maximum absolute atomic E-state index is 14.0. The number of nitrogens with zero attached hydrogens (tertiary/aromatic N) is 1. The van der Waals surface area contributed by atoms with Gasteiger partial charge in [-0.2, -0.15) is 0 Å². The van der Waals surface area contributed by atoms with Crippen LogP contribution in [0.15, 0.2) is 41.0 Å². The summed E-state index contributed by atoms with van der Waals surface area (Å²) in [6.07, 6.45) is 1.99. The Balaban J connectivity index is 1.94. The van der Waals surface area contributed by atoms with Gasteiger partial charge >= 0.3 is 0 Å². The van der Waals surface area contributed by atoms with Crippen molar-refractivity contribution in [3.63, 3.8) is 0 Å². The first kappa shape index (κ1) is 16.6. The van der Waals surface area contributed by atoms with Gasteiger partial charge in [0.15, 0.2) is 0 Å². The molecular weight excluding hydrogens is 349 g/mol. The number of benzene rings is 1. The molecule has 0 bridgehead atoms. The molecule has 6 heteroatoms. The quantitative estimate of drug-likeness (QED) is 0.854. The van der Waals surface area contributed by atoms with Crippen LogP contribution in [-0.2, 0) is 17.8 Å². The standard InChI is InChI=1S/C16H17BrFN3O/c1-10-13(17)6-5-11(15(10)18)9-21-16(22)14(19)8-12-4-2-3-7-20-12/h2-7,14H,8-9,19H2,1H3,(H,21,22)/t14-/m1/s1. The van der Waals surface area contributed by atoms with Crippen molar-refractivity contribution in [2.75, 3.05) is 0 Å². The molecule has 3 N–H and O–H groups in total. The summed E-state index contributed by atoms with van der Waals surface area (Å²) in [7, 11) is 0. The van der Waals surface area contributed by atoms with Gasteiger partial charge in [-0.1, -0.05) is 28.1 Å². The van der Waals surface area contributed by atoms with Gasteiger partial charge in [-0.3, -0.25) is 9.78 Å². The fourth-order valence-corrected chi connectivity index (χ4v) is 2.31. The summed E-state index contributed by atoms with van der Waals surface area (Å²) in [5, 5.41) is 2.66. The predicted octanol–water partition coefficient (Wildman–Crippen LogP) is 2.48. The lowest BCUT2D eigenvalue weighted by Crippen LogP contribution is -2.41. The Bertz CT molecular complexity index is 664. The molecule has 1 amide bonds. The molecule has 0 radical (unpaired) electrons. The Kier molecular flexibility index (Phi) is 5.63. The Morgan fingerprint density at radius 1 is 1.41 bits per heavy atom. The Morgan fingerprint density at radius 2 is 2.18 bits per heavy atom. The second kappa shape index (κ2) is 7.47. The third kappa shape index (κ3) is 4.11. The number of halogens is 2. The highest BCUT2D eigenvalue weighted by Gasteiger charge is 2.15. The number of amides is 1. The van der Waals surface area contributed by atoms with Crippen LogP contribution in [0, 0.1) is 12.7 Å². The summed E-state index contributed by atoms with van der Waals surface area (Å²) < 4.78 is 14.7. The van der Waals surface area contributed by atoms with E-state index in [1.807, 2.05) is 12.1 Å². The van der Waals surface area contributed by atoms with Gasteiger partial charge in [0, 0.05) is 34.9 Å². The van der Waals surface area contributed by atoms with Crippen LogP contribution in [0.2, 0.25) is 0 Å². The van der Waals surface area contributed by atoms with Crippen molar-refractivity contribution in [2.45, 2.75) is 25.9 Å². The SMILES string of the molecule is Cc1c(Br)ccc(CNC(=O)[C@H](N)Cc2ccccn2)c1F. The van der Waals surface area contributed by atoms with Crippen LogP contribution in [-0.4, -0.2) is 16.9 Å². The fourth-order valence-electron chi connectivity index (χ4n) is 2.00. The zero-order chi connectivity index (χ0) is 16.1. The molecule has 116 valence electrons. The van der Waals surface area contributed by atoms with Crippen molar-refractivity contribution < 1.29 is 9.18 Å². The molecule has 0 saturated heterocycles. The van der Waals surface area contributed by atoms with Gasteiger partial charge < -0.3 is 11.1 Å². The van der Waals surface area contributed by atoms with E-state index >= 15 is 0 Å². The molecule has 4 nitrogen and oxygen atoms in total. The molecule has 1 aromatic carbocycles. The van der Waals surface area contributed by atoms with Crippen molar-refractivity contribution in [1.29, 1.82) is 0 Å². The summed E-state index contributed by atoms with van der Waals surface area (Å²) in [4.78, 5) is 16.1. The van der Waals surface area contributed by atoms with Gasteiger partial charge in [-0.25, -0.2) is 4.39 Å². The largest absolute Gasteiger partial charge is 0.351 e. The molecule has 1 atom stereocenters. The highest BCUT2D eigenvalue weighted by Crippen LogP contribution is 2.21. The lowest BCUT2D eigenvalue weighted by atomic mass is 10.1. The zero-order valence-corrected chi connectivity index (χ0v) is 13.7. The zero-order valence-electron chi connectivity index (χ0n) is 12.1. The second-order valence-electron chi connectivity index (χ2n) is 4.99. The summed E-state index contributed by atoms with van der Waals surface area (Å²) in [6, 6.07) is 8.13. The topological polar surface area (TPSA) is 68.0 Å². The van der Waals surface area contributed by atoms with Gasteiger partial charge in [-0.15, -0.1) is 0 Å². The third-order valence-electron chi connectivity index (χ3n) is 3.35. The van der Waals surface area contributed by atoms with Crippen LogP contribution < -0.4 is 11.1 Å². The number of pyridine rings is 1. The highest BCUT2D eigenvalue weighted by atomic mass is 79.9. The Hall–Kier alpha value is -1.79. The highest BCUT2D eigenvalue weighted by molar-refractivity contribution is 9.10. The number of nitrogens with two attached hydrogens (primary N) is 1. The molecule has 0 saturated carbocycles. The number of carbonyl (C=O) groups is 1. The molecular formula is C16H17BrFN3O. The van der Waals surface area contributed by atoms with Gasteiger partial charge in [0.1, 0.15) is 5.82 Å². The summed E-state index contributed by atoms with van der Waals surface area (Å²) in [6.45, 7) is 1.78. The van der Waals surface area contributed by atoms with Crippen molar-refractivity contribution in [3.05, 3.63) is 63.6 Å². The van der Waals surface area contributed by atoms with Crippen LogP contribution in [0.1, 0.15) is 16.8 Å². The minimum atomic E-state index is -0.713. The van der Waals surface area contributed by atoms with Gasteiger partial charge in [0.25, 0.3) is 0 Å². The van der Waals surface area contributed by atoms with Gasteiger partial charge in [0.05, 0.1) is 6.04 Å². The normalized spacial score (nSPS) is 12.0. The van der Waals surface area contributed by atoms with E-state index in [1.165, 1.54) is 0 Å². The molecule has 0 aliphatic rings. The molecule has 0 fully saturated rings. The van der Waals surface area contributed by atoms with E-state index in [4.69, 9.17) is 5.73 Å². The monoisotopic (exact) mass is 365 g/mol. The number of nitrogens with one attached hydrogen (secondary N) is 1. The number of carbonyl (C=O) groups excluding carboxylic acids is 1. The first-order valence-corrected chi connectivity index (χ1v) is 7.65. The van der Waals surface area contributed by atoms with Crippen LogP contribution in [0.3, 0.4) is 0 Å². The minimum Gasteiger partial charge on any atom is -0.351 e. The summed E-state index contributed by atoms with van der Waals surface area (Å²) in [5.74, 6) is -0.654. The van der Waals surface area contributed by atoms with Gasteiger partial charge in [-0.05, 0) is 30.7 Å². The number of rotatable bonds is 5. The molecule has 1 aromatic heterocycles. The predicted molar refractivity (Wildman–Crippen MR) is 86.6 cm³/mol. The van der Waals surface area contributed by atoms with Crippen molar-refractivity contribution in [2.24, 2.45) is 5.73 Å². The number of hydrogen-bond acceptors (Lipinski definition) is 3. The third-order valence-corrected chi connectivity index (χ3v) is 4.20. The van der Waals surface area contributed by atoms with Crippen LogP contribution >= 0.6 is 15.9 Å². The van der Waals surface area contributed by atoms with Crippen molar-refractivity contribution >= 4 is 21.8 Å². The maximum Gasteiger partial charge on any atom is 0.237 e. The molecule has 22 heavy (non-hydrogen) atoms. The molecule has 2 aromatic rings. The maximum atomic E-state index is 14.0. The van der Waals surface area contributed by atoms with E-state index in [0.29, 0.717) is 22.0 Å². The van der Waals surface area contributed by atoms with E-state index in [-0.39, 0.29) is 18.3 Å². The molecule has 0 unspecified atom stereocenters. The molecule has 0 aliphatic heterocycles. The summed E-state index contributed by atoms with van der Waals surface area (Å²) >= 11 is 3.27. The molecule has 2 rings (SSSR count). The van der Waals surface area contributed by atoms with Crippen LogP contribution in [0.4, 0.5) is 4.39 Å². The lowest BCUT2D eigenvalue weighted by Gasteiger charge is -2.13. The van der Waals surface area contributed by atoms with Crippen LogP contribution in [0.5, 0.6) is 0 Å². The van der Waals surface area contributed by atoms with E-state index in [0.717, 1.165) is 5.69 Å². The van der Waals surface area contributed by atoms with Crippen molar-refractivity contribution in [3.8, 4) is 0 Å². The molecule has 1 heterocycles. The Morgan fingerprint density at radius 3 is 2.86 bits per heavy atom. The lowest BCUT2D eigenvalue weighted by molar-refractivity contribution is -0.122. The summed E-state index contributed by atoms with van der Waals surface area (Å²) in [5.41, 5.74) is 7.55. The fraction of sp³-hybridized carbons (Fsp3) is 0.250. The van der Waals surface area contributed by atoms with E-state index in [9.17, 15) is 9.18 Å².